The first-order chi connectivity index (χ1) is 7.32. The molecule has 0 aromatic heterocycles. The summed E-state index contributed by atoms with van der Waals surface area (Å²) in [6.07, 6.45) is -2.41. The number of carbonyl (C=O) groups is 2. The van der Waals surface area contributed by atoms with Gasteiger partial charge in [0.2, 0.25) is 0 Å². The largest absolute Gasteiger partial charge is 0.480 e. The van der Waals surface area contributed by atoms with Gasteiger partial charge < -0.3 is 15.7 Å². The zero-order valence-electron chi connectivity index (χ0n) is 9.17. The van der Waals surface area contributed by atoms with Crippen LogP contribution in [0.4, 0.5) is 13.6 Å². The molecule has 0 aliphatic heterocycles. The van der Waals surface area contributed by atoms with Crippen LogP contribution >= 0.6 is 0 Å². The number of nitrogens with one attached hydrogen (secondary N) is 2. The van der Waals surface area contributed by atoms with Crippen molar-refractivity contribution in [1.29, 1.82) is 0 Å². The normalized spacial score (nSPS) is 12.6. The first kappa shape index (κ1) is 14.6. The summed E-state index contributed by atoms with van der Waals surface area (Å²) in [5.41, 5.74) is 0. The average Bonchev–Trinajstić information content (AvgIpc) is 2.12. The molecular weight excluding hydrogens is 222 g/mol. The Morgan fingerprint density at radius 1 is 1.31 bits per heavy atom. The SMILES string of the molecule is CC(C)C[C@H](NC(=O)NCC(F)F)C(=O)O. The van der Waals surface area contributed by atoms with E-state index in [1.165, 1.54) is 0 Å². The molecule has 1 atom stereocenters. The van der Waals surface area contributed by atoms with Gasteiger partial charge in [0.15, 0.2) is 0 Å². The topological polar surface area (TPSA) is 78.4 Å². The molecule has 0 fully saturated rings. The molecule has 0 aliphatic carbocycles. The zero-order chi connectivity index (χ0) is 12.7. The van der Waals surface area contributed by atoms with E-state index in [9.17, 15) is 18.4 Å². The maximum Gasteiger partial charge on any atom is 0.326 e. The standard InChI is InChI=1S/C9H16F2N2O3/c1-5(2)3-6(8(14)15)13-9(16)12-4-7(10)11/h5-7H,3-4H2,1-2H3,(H,14,15)(H2,12,13,16)/t6-/m0/s1. The van der Waals surface area contributed by atoms with E-state index in [0.717, 1.165) is 0 Å². The predicted octanol–water partition coefficient (Wildman–Crippen LogP) is 1.05. The summed E-state index contributed by atoms with van der Waals surface area (Å²) >= 11 is 0. The van der Waals surface area contributed by atoms with Crippen molar-refractivity contribution in [3.05, 3.63) is 0 Å². The fraction of sp³-hybridized carbons (Fsp3) is 0.778. The lowest BCUT2D eigenvalue weighted by Gasteiger charge is -2.16. The van der Waals surface area contributed by atoms with Crippen LogP contribution < -0.4 is 10.6 Å². The van der Waals surface area contributed by atoms with Crippen molar-refractivity contribution >= 4 is 12.0 Å². The Kier molecular flexibility index (Phi) is 6.36. The highest BCUT2D eigenvalue weighted by atomic mass is 19.3. The molecule has 0 unspecified atom stereocenters. The van der Waals surface area contributed by atoms with Crippen molar-refractivity contribution in [3.8, 4) is 0 Å². The third-order valence-corrected chi connectivity index (χ3v) is 1.73. The van der Waals surface area contributed by atoms with E-state index in [4.69, 9.17) is 5.11 Å². The van der Waals surface area contributed by atoms with E-state index >= 15 is 0 Å². The summed E-state index contributed by atoms with van der Waals surface area (Å²) in [5, 5.41) is 12.8. The predicted molar refractivity (Wildman–Crippen MR) is 53.4 cm³/mol. The van der Waals surface area contributed by atoms with Crippen LogP contribution in [0.15, 0.2) is 0 Å². The first-order valence-electron chi connectivity index (χ1n) is 4.88. The van der Waals surface area contributed by atoms with Crippen molar-refractivity contribution < 1.29 is 23.5 Å². The molecule has 0 saturated carbocycles. The fourth-order valence-electron chi connectivity index (χ4n) is 1.07. The molecule has 0 rings (SSSR count). The number of hydrogen-bond acceptors (Lipinski definition) is 2. The average molecular weight is 238 g/mol. The van der Waals surface area contributed by atoms with E-state index < -0.39 is 31.0 Å². The van der Waals surface area contributed by atoms with Gasteiger partial charge in [-0.3, -0.25) is 0 Å². The number of carboxylic acid groups (broad SMARTS) is 1. The fourth-order valence-corrected chi connectivity index (χ4v) is 1.07. The molecule has 16 heavy (non-hydrogen) atoms. The van der Waals surface area contributed by atoms with Gasteiger partial charge >= 0.3 is 12.0 Å². The second-order valence-electron chi connectivity index (χ2n) is 3.77. The first-order valence-corrected chi connectivity index (χ1v) is 4.88. The van der Waals surface area contributed by atoms with Gasteiger partial charge in [0.05, 0.1) is 6.54 Å². The van der Waals surface area contributed by atoms with Crippen molar-refractivity contribution in [2.75, 3.05) is 6.54 Å². The van der Waals surface area contributed by atoms with Crippen molar-refractivity contribution in [1.82, 2.24) is 10.6 Å². The van der Waals surface area contributed by atoms with Crippen molar-refractivity contribution in [3.63, 3.8) is 0 Å². The molecule has 0 radical (unpaired) electrons. The lowest BCUT2D eigenvalue weighted by Crippen LogP contribution is -2.47. The zero-order valence-corrected chi connectivity index (χ0v) is 9.17. The number of carboxylic acids is 1. The van der Waals surface area contributed by atoms with Crippen LogP contribution in [0.5, 0.6) is 0 Å². The number of urea groups is 1. The van der Waals surface area contributed by atoms with Crippen LogP contribution in [-0.4, -0.2) is 36.1 Å². The van der Waals surface area contributed by atoms with Crippen LogP contribution in [0.3, 0.4) is 0 Å². The summed E-state index contributed by atoms with van der Waals surface area (Å²) in [6, 6.07) is -1.95. The Bertz CT molecular complexity index is 247. The number of amides is 2. The molecule has 3 N–H and O–H groups in total. The van der Waals surface area contributed by atoms with Gasteiger partial charge in [-0.2, -0.15) is 0 Å². The summed E-state index contributed by atoms with van der Waals surface area (Å²) in [5.74, 6) is -1.10. The highest BCUT2D eigenvalue weighted by Crippen LogP contribution is 2.04. The number of carbonyl (C=O) groups excluding carboxylic acids is 1. The minimum Gasteiger partial charge on any atom is -0.480 e. The molecule has 0 spiro atoms. The third kappa shape index (κ3) is 6.97. The van der Waals surface area contributed by atoms with E-state index in [1.807, 2.05) is 5.32 Å². The minimum absolute atomic E-state index is 0.0801. The summed E-state index contributed by atoms with van der Waals surface area (Å²) in [7, 11) is 0. The molecular formula is C9H16F2N2O3. The van der Waals surface area contributed by atoms with Crippen molar-refractivity contribution in [2.45, 2.75) is 32.7 Å². The van der Waals surface area contributed by atoms with Gasteiger partial charge in [-0.15, -0.1) is 0 Å². The van der Waals surface area contributed by atoms with E-state index in [0.29, 0.717) is 0 Å². The second kappa shape index (κ2) is 6.97. The Hall–Kier alpha value is -1.40. The van der Waals surface area contributed by atoms with E-state index in [1.54, 1.807) is 13.8 Å². The molecule has 7 heteroatoms. The minimum atomic E-state index is -2.65. The Labute approximate surface area is 92.2 Å². The van der Waals surface area contributed by atoms with Gasteiger partial charge in [-0.05, 0) is 12.3 Å². The van der Waals surface area contributed by atoms with Crippen LogP contribution in [0, 0.1) is 5.92 Å². The van der Waals surface area contributed by atoms with Gasteiger partial charge in [-0.25, -0.2) is 18.4 Å². The van der Waals surface area contributed by atoms with Crippen molar-refractivity contribution in [2.24, 2.45) is 5.92 Å². The highest BCUT2D eigenvalue weighted by Gasteiger charge is 2.21. The van der Waals surface area contributed by atoms with Gasteiger partial charge in [0, 0.05) is 0 Å². The Balaban J connectivity index is 4.08. The quantitative estimate of drug-likeness (QED) is 0.647. The monoisotopic (exact) mass is 238 g/mol. The Morgan fingerprint density at radius 3 is 2.25 bits per heavy atom. The number of halogens is 2. The maximum atomic E-state index is 11.7. The van der Waals surface area contributed by atoms with Gasteiger partial charge in [0.1, 0.15) is 6.04 Å². The lowest BCUT2D eigenvalue weighted by atomic mass is 10.0. The number of rotatable bonds is 6. The maximum absolute atomic E-state index is 11.7. The van der Waals surface area contributed by atoms with E-state index in [-0.39, 0.29) is 12.3 Å². The van der Waals surface area contributed by atoms with Crippen LogP contribution in [-0.2, 0) is 4.79 Å². The van der Waals surface area contributed by atoms with Gasteiger partial charge in [0.25, 0.3) is 6.43 Å². The smallest absolute Gasteiger partial charge is 0.326 e. The summed E-state index contributed by atoms with van der Waals surface area (Å²) < 4.78 is 23.5. The van der Waals surface area contributed by atoms with Crippen LogP contribution in [0.1, 0.15) is 20.3 Å². The lowest BCUT2D eigenvalue weighted by molar-refractivity contribution is -0.139. The molecule has 0 heterocycles. The molecule has 94 valence electrons. The van der Waals surface area contributed by atoms with Crippen LogP contribution in [0.25, 0.3) is 0 Å². The van der Waals surface area contributed by atoms with E-state index in [2.05, 4.69) is 5.32 Å². The molecule has 0 saturated heterocycles. The van der Waals surface area contributed by atoms with Gasteiger partial charge in [-0.1, -0.05) is 13.8 Å². The molecule has 0 aliphatic rings. The number of hydrogen-bond donors (Lipinski definition) is 3. The molecule has 0 aromatic carbocycles. The second-order valence-corrected chi connectivity index (χ2v) is 3.77. The molecule has 0 aromatic rings. The summed E-state index contributed by atoms with van der Waals surface area (Å²) in [4.78, 5) is 21.7. The number of aliphatic carboxylic acids is 1. The van der Waals surface area contributed by atoms with Crippen LogP contribution in [0.2, 0.25) is 0 Å². The molecule has 2 amide bonds. The molecule has 0 bridgehead atoms. The summed E-state index contributed by atoms with van der Waals surface area (Å²) in [6.45, 7) is 2.81. The third-order valence-electron chi connectivity index (χ3n) is 1.73. The Morgan fingerprint density at radius 2 is 1.88 bits per heavy atom. The number of alkyl halides is 2. The highest BCUT2D eigenvalue weighted by molar-refractivity contribution is 5.82. The molecule has 5 nitrogen and oxygen atoms in total.